The highest BCUT2D eigenvalue weighted by Gasteiger charge is 2.30. The molecule has 17 heavy (non-hydrogen) atoms. The molecule has 1 saturated carbocycles. The van der Waals surface area contributed by atoms with Gasteiger partial charge in [0.25, 0.3) is 0 Å². The minimum Gasteiger partial charge on any atom is -0.383 e. The Morgan fingerprint density at radius 1 is 1.35 bits per heavy atom. The van der Waals surface area contributed by atoms with Crippen molar-refractivity contribution >= 4 is 0 Å². The van der Waals surface area contributed by atoms with E-state index in [1.54, 1.807) is 19.2 Å². The van der Waals surface area contributed by atoms with Crippen LogP contribution in [-0.4, -0.2) is 25.8 Å². The Hall–Kier alpha value is -0.930. The van der Waals surface area contributed by atoms with Crippen LogP contribution in [0.5, 0.6) is 0 Å². The van der Waals surface area contributed by atoms with Crippen LogP contribution in [0.15, 0.2) is 24.3 Å². The second-order valence-electron chi connectivity index (χ2n) is 4.94. The largest absolute Gasteiger partial charge is 0.383 e. The van der Waals surface area contributed by atoms with Crippen LogP contribution in [0.4, 0.5) is 4.39 Å². The second-order valence-corrected chi connectivity index (χ2v) is 4.94. The van der Waals surface area contributed by atoms with Crippen molar-refractivity contribution in [3.05, 3.63) is 35.6 Å². The van der Waals surface area contributed by atoms with E-state index in [4.69, 9.17) is 4.74 Å². The van der Waals surface area contributed by atoms with E-state index in [1.165, 1.54) is 5.56 Å². The Bertz CT molecular complexity index is 346. The van der Waals surface area contributed by atoms with Crippen molar-refractivity contribution < 1.29 is 9.13 Å². The van der Waals surface area contributed by atoms with Crippen molar-refractivity contribution in [3.8, 4) is 0 Å². The Balaban J connectivity index is 1.77. The van der Waals surface area contributed by atoms with Crippen molar-refractivity contribution in [2.75, 3.05) is 13.7 Å². The van der Waals surface area contributed by atoms with Gasteiger partial charge in [0.2, 0.25) is 0 Å². The predicted molar refractivity (Wildman–Crippen MR) is 66.6 cm³/mol. The Kier molecular flexibility index (Phi) is 4.13. The molecule has 0 spiro atoms. The monoisotopic (exact) mass is 237 g/mol. The Labute approximate surface area is 102 Å². The summed E-state index contributed by atoms with van der Waals surface area (Å²) >= 11 is 0. The van der Waals surface area contributed by atoms with E-state index in [0.29, 0.717) is 18.0 Å². The zero-order valence-corrected chi connectivity index (χ0v) is 10.4. The Morgan fingerprint density at radius 3 is 2.59 bits per heavy atom. The van der Waals surface area contributed by atoms with E-state index >= 15 is 0 Å². The van der Waals surface area contributed by atoms with E-state index in [1.807, 2.05) is 12.1 Å². The molecular weight excluding hydrogens is 217 g/mol. The van der Waals surface area contributed by atoms with Gasteiger partial charge in [-0.15, -0.1) is 0 Å². The molecule has 0 aliphatic heterocycles. The van der Waals surface area contributed by atoms with Crippen molar-refractivity contribution in [1.82, 2.24) is 5.32 Å². The lowest BCUT2D eigenvalue weighted by Gasteiger charge is -2.38. The summed E-state index contributed by atoms with van der Waals surface area (Å²) in [6, 6.07) is 7.87. The first-order valence-electron chi connectivity index (χ1n) is 6.19. The average molecular weight is 237 g/mol. The van der Waals surface area contributed by atoms with Crippen LogP contribution in [0.25, 0.3) is 0 Å². The van der Waals surface area contributed by atoms with Gasteiger partial charge in [-0.1, -0.05) is 12.1 Å². The molecule has 1 fully saturated rings. The van der Waals surface area contributed by atoms with Gasteiger partial charge in [0, 0.05) is 19.2 Å². The fourth-order valence-corrected chi connectivity index (χ4v) is 2.46. The van der Waals surface area contributed by atoms with Crippen LogP contribution >= 0.6 is 0 Å². The highest BCUT2D eigenvalue weighted by atomic mass is 19.1. The van der Waals surface area contributed by atoms with Crippen molar-refractivity contribution in [2.45, 2.75) is 37.8 Å². The number of benzene rings is 1. The van der Waals surface area contributed by atoms with Gasteiger partial charge in [-0.3, -0.25) is 0 Å². The number of halogens is 1. The number of rotatable bonds is 5. The summed E-state index contributed by atoms with van der Waals surface area (Å²) < 4.78 is 17.9. The normalized spacial score (nSPS) is 25.4. The maximum absolute atomic E-state index is 12.8. The fourth-order valence-electron chi connectivity index (χ4n) is 2.46. The summed E-state index contributed by atoms with van der Waals surface area (Å²) in [5.74, 6) is 0.430. The third-order valence-electron chi connectivity index (χ3n) is 3.42. The zero-order chi connectivity index (χ0) is 12.3. The molecule has 1 aromatic rings. The molecule has 0 radical (unpaired) electrons. The standard InChI is InChI=1S/C14H20FNO/c1-10(9-17-2)16-14-7-12(8-14)11-3-5-13(15)6-4-11/h3-6,10,12,14,16H,7-9H2,1-2H3. The minimum absolute atomic E-state index is 0.156. The van der Waals surface area contributed by atoms with Crippen LogP contribution in [-0.2, 0) is 4.74 Å². The molecule has 2 nitrogen and oxygen atoms in total. The topological polar surface area (TPSA) is 21.3 Å². The predicted octanol–water partition coefficient (Wildman–Crippen LogP) is 2.70. The minimum atomic E-state index is -0.156. The summed E-state index contributed by atoms with van der Waals surface area (Å²) in [7, 11) is 1.72. The molecule has 0 heterocycles. The molecule has 1 atom stereocenters. The molecule has 3 heteroatoms. The number of hydrogen-bond acceptors (Lipinski definition) is 2. The number of ether oxygens (including phenoxy) is 1. The van der Waals surface area contributed by atoms with E-state index in [0.717, 1.165) is 19.4 Å². The lowest BCUT2D eigenvalue weighted by atomic mass is 9.75. The third-order valence-corrected chi connectivity index (χ3v) is 3.42. The third kappa shape index (κ3) is 3.27. The maximum Gasteiger partial charge on any atom is 0.123 e. The van der Waals surface area contributed by atoms with Crippen molar-refractivity contribution in [2.24, 2.45) is 0 Å². The van der Waals surface area contributed by atoms with Crippen LogP contribution in [0, 0.1) is 5.82 Å². The molecule has 1 aromatic carbocycles. The smallest absolute Gasteiger partial charge is 0.123 e. The molecule has 0 aromatic heterocycles. The van der Waals surface area contributed by atoms with E-state index in [9.17, 15) is 4.39 Å². The van der Waals surface area contributed by atoms with Gasteiger partial charge in [-0.05, 0) is 43.4 Å². The van der Waals surface area contributed by atoms with Gasteiger partial charge in [0.15, 0.2) is 0 Å². The molecule has 1 aliphatic rings. The maximum atomic E-state index is 12.8. The van der Waals surface area contributed by atoms with Crippen LogP contribution in [0.1, 0.15) is 31.2 Å². The van der Waals surface area contributed by atoms with Crippen molar-refractivity contribution in [1.29, 1.82) is 0 Å². The van der Waals surface area contributed by atoms with Crippen molar-refractivity contribution in [3.63, 3.8) is 0 Å². The molecule has 0 bridgehead atoms. The first-order valence-corrected chi connectivity index (χ1v) is 6.19. The fraction of sp³-hybridized carbons (Fsp3) is 0.571. The first-order chi connectivity index (χ1) is 8.19. The lowest BCUT2D eigenvalue weighted by Crippen LogP contribution is -2.45. The number of methoxy groups -OCH3 is 1. The highest BCUT2D eigenvalue weighted by molar-refractivity contribution is 5.23. The van der Waals surface area contributed by atoms with Crippen LogP contribution in [0.3, 0.4) is 0 Å². The van der Waals surface area contributed by atoms with Gasteiger partial charge in [-0.2, -0.15) is 0 Å². The highest BCUT2D eigenvalue weighted by Crippen LogP contribution is 2.36. The molecule has 2 rings (SSSR count). The summed E-state index contributed by atoms with van der Waals surface area (Å²) in [6.45, 7) is 2.88. The summed E-state index contributed by atoms with van der Waals surface area (Å²) in [5, 5.41) is 3.53. The summed E-state index contributed by atoms with van der Waals surface area (Å²) in [5.41, 5.74) is 1.25. The average Bonchev–Trinajstić information content (AvgIpc) is 2.25. The molecule has 94 valence electrons. The number of nitrogens with one attached hydrogen (secondary N) is 1. The summed E-state index contributed by atoms with van der Waals surface area (Å²) in [6.07, 6.45) is 2.28. The molecular formula is C14H20FNO. The summed E-state index contributed by atoms with van der Waals surface area (Å²) in [4.78, 5) is 0. The van der Waals surface area contributed by atoms with Crippen LogP contribution in [0.2, 0.25) is 0 Å². The van der Waals surface area contributed by atoms with E-state index < -0.39 is 0 Å². The number of hydrogen-bond donors (Lipinski definition) is 1. The van der Waals surface area contributed by atoms with E-state index in [2.05, 4.69) is 12.2 Å². The Morgan fingerprint density at radius 2 is 2.00 bits per heavy atom. The lowest BCUT2D eigenvalue weighted by molar-refractivity contribution is 0.152. The quantitative estimate of drug-likeness (QED) is 0.850. The molecule has 0 saturated heterocycles. The molecule has 1 unspecified atom stereocenters. The van der Waals surface area contributed by atoms with Gasteiger partial charge >= 0.3 is 0 Å². The molecule has 1 N–H and O–H groups in total. The van der Waals surface area contributed by atoms with Gasteiger partial charge in [0.1, 0.15) is 5.82 Å². The second kappa shape index (κ2) is 5.61. The van der Waals surface area contributed by atoms with E-state index in [-0.39, 0.29) is 5.82 Å². The molecule has 0 amide bonds. The van der Waals surface area contributed by atoms with Gasteiger partial charge in [-0.25, -0.2) is 4.39 Å². The molecule has 1 aliphatic carbocycles. The SMILES string of the molecule is COCC(C)NC1CC(c2ccc(F)cc2)C1. The zero-order valence-electron chi connectivity index (χ0n) is 10.4. The van der Waals surface area contributed by atoms with Gasteiger partial charge in [0.05, 0.1) is 6.61 Å². The van der Waals surface area contributed by atoms with Crippen LogP contribution < -0.4 is 5.32 Å². The van der Waals surface area contributed by atoms with Gasteiger partial charge < -0.3 is 10.1 Å². The first kappa shape index (κ1) is 12.5.